The third-order valence-electron chi connectivity index (χ3n) is 4.60. The van der Waals surface area contributed by atoms with Gasteiger partial charge in [0.1, 0.15) is 6.61 Å². The zero-order chi connectivity index (χ0) is 18.8. The summed E-state index contributed by atoms with van der Waals surface area (Å²) in [6, 6.07) is 7.30. The van der Waals surface area contributed by atoms with E-state index in [2.05, 4.69) is 20.2 Å². The lowest BCUT2D eigenvalue weighted by molar-refractivity contribution is -0.125. The molecule has 142 valence electrons. The molecule has 1 fully saturated rings. The van der Waals surface area contributed by atoms with Crippen LogP contribution in [0.1, 0.15) is 11.4 Å². The molecule has 1 aromatic heterocycles. The Bertz CT molecular complexity index is 828. The van der Waals surface area contributed by atoms with Gasteiger partial charge in [-0.3, -0.25) is 4.79 Å². The molecule has 1 N–H and O–H groups in total. The number of hydrogen-bond acceptors (Lipinski definition) is 7. The van der Waals surface area contributed by atoms with Crippen molar-refractivity contribution in [3.63, 3.8) is 0 Å². The van der Waals surface area contributed by atoms with E-state index in [0.29, 0.717) is 36.3 Å². The maximum atomic E-state index is 12.7. The zero-order valence-electron chi connectivity index (χ0n) is 15.4. The van der Waals surface area contributed by atoms with E-state index in [0.717, 1.165) is 24.5 Å². The molecule has 4 rings (SSSR count). The zero-order valence-corrected chi connectivity index (χ0v) is 15.4. The molecule has 2 aliphatic rings. The maximum absolute atomic E-state index is 12.7. The first-order valence-electron chi connectivity index (χ1n) is 8.99. The number of carbonyl (C=O) groups excluding carboxylic acids is 1. The Labute approximate surface area is 157 Å². The topological polar surface area (TPSA) is 85.8 Å². The molecule has 2 aliphatic heterocycles. The molecule has 8 nitrogen and oxygen atoms in total. The van der Waals surface area contributed by atoms with Crippen LogP contribution in [0.25, 0.3) is 0 Å². The van der Waals surface area contributed by atoms with Crippen LogP contribution < -0.4 is 19.7 Å². The highest BCUT2D eigenvalue weighted by molar-refractivity contribution is 5.95. The van der Waals surface area contributed by atoms with Crippen LogP contribution in [0.4, 0.5) is 11.6 Å². The third-order valence-corrected chi connectivity index (χ3v) is 4.60. The fourth-order valence-electron chi connectivity index (χ4n) is 3.14. The van der Waals surface area contributed by atoms with Crippen LogP contribution in [0.2, 0.25) is 0 Å². The lowest BCUT2D eigenvalue weighted by Crippen LogP contribution is -2.40. The summed E-state index contributed by atoms with van der Waals surface area (Å²) in [7, 11) is 0. The van der Waals surface area contributed by atoms with Gasteiger partial charge in [0.15, 0.2) is 11.5 Å². The second-order valence-corrected chi connectivity index (χ2v) is 6.52. The minimum Gasteiger partial charge on any atom is -0.485 e. The number of amides is 1. The van der Waals surface area contributed by atoms with Gasteiger partial charge in [-0.05, 0) is 26.0 Å². The smallest absolute Gasteiger partial charge is 0.269 e. The molecule has 0 spiro atoms. The Morgan fingerprint density at radius 2 is 1.78 bits per heavy atom. The molecule has 1 saturated heterocycles. The van der Waals surface area contributed by atoms with Gasteiger partial charge in [-0.15, -0.1) is 0 Å². The van der Waals surface area contributed by atoms with Crippen LogP contribution in [0.3, 0.4) is 0 Å². The summed E-state index contributed by atoms with van der Waals surface area (Å²) >= 11 is 0. The number of hydrogen-bond donors (Lipinski definition) is 1. The molecule has 1 atom stereocenters. The highest BCUT2D eigenvalue weighted by Crippen LogP contribution is 2.31. The van der Waals surface area contributed by atoms with Crippen molar-refractivity contribution in [2.75, 3.05) is 43.1 Å². The van der Waals surface area contributed by atoms with Crippen molar-refractivity contribution >= 4 is 17.5 Å². The van der Waals surface area contributed by atoms with E-state index < -0.39 is 6.10 Å². The van der Waals surface area contributed by atoms with Crippen molar-refractivity contribution in [3.8, 4) is 11.5 Å². The van der Waals surface area contributed by atoms with Crippen LogP contribution in [0.15, 0.2) is 24.3 Å². The second kappa shape index (κ2) is 7.40. The fraction of sp³-hybridized carbons (Fsp3) is 0.421. The molecule has 3 heterocycles. The molecule has 27 heavy (non-hydrogen) atoms. The number of fused-ring (bicyclic) bond motifs is 1. The average Bonchev–Trinajstić information content (AvgIpc) is 2.70. The number of benzene rings is 1. The van der Waals surface area contributed by atoms with Crippen molar-refractivity contribution in [2.24, 2.45) is 0 Å². The first kappa shape index (κ1) is 17.5. The van der Waals surface area contributed by atoms with Crippen LogP contribution in [0, 0.1) is 13.8 Å². The lowest BCUT2D eigenvalue weighted by Gasteiger charge is -2.28. The van der Waals surface area contributed by atoms with E-state index >= 15 is 0 Å². The van der Waals surface area contributed by atoms with Gasteiger partial charge in [0, 0.05) is 13.1 Å². The first-order valence-corrected chi connectivity index (χ1v) is 8.99. The van der Waals surface area contributed by atoms with E-state index in [1.807, 2.05) is 32.0 Å². The predicted octanol–water partition coefficient (Wildman–Crippen LogP) is 1.71. The number of carbonyl (C=O) groups is 1. The van der Waals surface area contributed by atoms with E-state index in [1.165, 1.54) is 0 Å². The number of aromatic nitrogens is 2. The van der Waals surface area contributed by atoms with Crippen molar-refractivity contribution < 1.29 is 19.0 Å². The van der Waals surface area contributed by atoms with Gasteiger partial charge in [-0.1, -0.05) is 12.1 Å². The number of ether oxygens (including phenoxy) is 3. The predicted molar refractivity (Wildman–Crippen MR) is 99.5 cm³/mol. The lowest BCUT2D eigenvalue weighted by atomic mass is 10.2. The first-order chi connectivity index (χ1) is 13.1. The molecule has 8 heteroatoms. The number of nitrogens with zero attached hydrogens (tertiary/aromatic N) is 3. The summed E-state index contributed by atoms with van der Waals surface area (Å²) in [5.41, 5.74) is 2.04. The number of morpholine rings is 1. The Hall–Kier alpha value is -2.87. The molecule has 0 aliphatic carbocycles. The molecule has 1 unspecified atom stereocenters. The highest BCUT2D eigenvalue weighted by Gasteiger charge is 2.28. The van der Waals surface area contributed by atoms with Gasteiger partial charge in [0.05, 0.1) is 30.3 Å². The maximum Gasteiger partial charge on any atom is 0.269 e. The van der Waals surface area contributed by atoms with Crippen LogP contribution in [0.5, 0.6) is 11.5 Å². The molecular formula is C19H22N4O4. The monoisotopic (exact) mass is 370 g/mol. The summed E-state index contributed by atoms with van der Waals surface area (Å²) in [4.78, 5) is 23.9. The Morgan fingerprint density at radius 3 is 2.48 bits per heavy atom. The van der Waals surface area contributed by atoms with Gasteiger partial charge in [-0.25, -0.2) is 9.97 Å². The Balaban J connectivity index is 1.48. The largest absolute Gasteiger partial charge is 0.485 e. The van der Waals surface area contributed by atoms with Crippen molar-refractivity contribution in [1.82, 2.24) is 9.97 Å². The quantitative estimate of drug-likeness (QED) is 0.880. The number of para-hydroxylation sites is 2. The Kier molecular flexibility index (Phi) is 4.81. The SMILES string of the molecule is Cc1nc(N2CCOCC2)nc(C)c1NC(=O)C1COc2ccccc2O1. The van der Waals surface area contributed by atoms with E-state index in [1.54, 1.807) is 6.07 Å². The minimum atomic E-state index is -0.724. The summed E-state index contributed by atoms with van der Waals surface area (Å²) in [5, 5.41) is 2.90. The van der Waals surface area contributed by atoms with Gasteiger partial charge in [0.25, 0.3) is 5.91 Å². The highest BCUT2D eigenvalue weighted by atomic mass is 16.6. The van der Waals surface area contributed by atoms with Gasteiger partial charge < -0.3 is 24.4 Å². The summed E-state index contributed by atoms with van der Waals surface area (Å²) < 4.78 is 16.8. The average molecular weight is 370 g/mol. The number of nitrogens with one attached hydrogen (secondary N) is 1. The standard InChI is InChI=1S/C19H22N4O4/c1-12-17(13(2)21-19(20-12)23-7-9-25-10-8-23)22-18(24)16-11-26-14-5-3-4-6-15(14)27-16/h3-6,16H,7-11H2,1-2H3,(H,22,24). The molecule has 1 amide bonds. The van der Waals surface area contributed by atoms with Crippen LogP contribution >= 0.6 is 0 Å². The molecule has 1 aromatic carbocycles. The molecule has 2 aromatic rings. The van der Waals surface area contributed by atoms with E-state index in [4.69, 9.17) is 14.2 Å². The van der Waals surface area contributed by atoms with Crippen LogP contribution in [-0.2, 0) is 9.53 Å². The van der Waals surface area contributed by atoms with Crippen molar-refractivity contribution in [3.05, 3.63) is 35.7 Å². The Morgan fingerprint density at radius 1 is 1.11 bits per heavy atom. The summed E-state index contributed by atoms with van der Waals surface area (Å²) in [5.74, 6) is 1.60. The van der Waals surface area contributed by atoms with Crippen molar-refractivity contribution in [1.29, 1.82) is 0 Å². The minimum absolute atomic E-state index is 0.160. The molecular weight excluding hydrogens is 348 g/mol. The van der Waals surface area contributed by atoms with Gasteiger partial charge in [-0.2, -0.15) is 0 Å². The molecule has 0 bridgehead atoms. The summed E-state index contributed by atoms with van der Waals surface area (Å²) in [6.07, 6.45) is -0.724. The van der Waals surface area contributed by atoms with Crippen LogP contribution in [-0.4, -0.2) is 54.9 Å². The van der Waals surface area contributed by atoms with E-state index in [9.17, 15) is 4.79 Å². The van der Waals surface area contributed by atoms with E-state index in [-0.39, 0.29) is 12.5 Å². The number of rotatable bonds is 3. The summed E-state index contributed by atoms with van der Waals surface area (Å²) in [6.45, 7) is 6.74. The van der Waals surface area contributed by atoms with Gasteiger partial charge in [0.2, 0.25) is 12.1 Å². The number of aryl methyl sites for hydroxylation is 2. The van der Waals surface area contributed by atoms with Gasteiger partial charge >= 0.3 is 0 Å². The molecule has 0 radical (unpaired) electrons. The number of anilines is 2. The van der Waals surface area contributed by atoms with Crippen molar-refractivity contribution in [2.45, 2.75) is 20.0 Å². The second-order valence-electron chi connectivity index (χ2n) is 6.52. The normalized spacial score (nSPS) is 18.9. The fourth-order valence-corrected chi connectivity index (χ4v) is 3.14. The third kappa shape index (κ3) is 3.66. The molecule has 0 saturated carbocycles.